The minimum Gasteiger partial charge on any atom is -0.350 e. The molecule has 0 aliphatic carbocycles. The number of benzene rings is 2. The Morgan fingerprint density at radius 1 is 0.793 bits per heavy atom. The quantitative estimate of drug-likeness (QED) is 0.524. The van der Waals surface area contributed by atoms with Gasteiger partial charge in [0.15, 0.2) is 0 Å². The van der Waals surface area contributed by atoms with Crippen LogP contribution >= 0.6 is 11.3 Å². The Kier molecular flexibility index (Phi) is 6.76. The van der Waals surface area contributed by atoms with Gasteiger partial charge in [0.1, 0.15) is 0 Å². The van der Waals surface area contributed by atoms with E-state index >= 15 is 0 Å². The van der Waals surface area contributed by atoms with Gasteiger partial charge in [-0.05, 0) is 54.3 Å². The fourth-order valence-corrected chi connectivity index (χ4v) is 3.32. The summed E-state index contributed by atoms with van der Waals surface area (Å²) in [6.07, 6.45) is 0. The number of nitrogens with one attached hydrogen (secondary N) is 3. The number of anilines is 1. The van der Waals surface area contributed by atoms with Gasteiger partial charge in [0.25, 0.3) is 17.7 Å². The van der Waals surface area contributed by atoms with Crippen LogP contribution in [0.2, 0.25) is 0 Å². The zero-order valence-electron chi connectivity index (χ0n) is 15.9. The highest BCUT2D eigenvalue weighted by Gasteiger charge is 2.10. The largest absolute Gasteiger partial charge is 0.350 e. The molecule has 0 atom stereocenters. The normalized spacial score (nSPS) is 10.2. The van der Waals surface area contributed by atoms with Crippen molar-refractivity contribution in [3.63, 3.8) is 0 Å². The lowest BCUT2D eigenvalue weighted by atomic mass is 10.1. The molecule has 29 heavy (non-hydrogen) atoms. The highest BCUT2D eigenvalue weighted by molar-refractivity contribution is 7.12. The number of amides is 3. The molecule has 7 heteroatoms. The molecule has 0 saturated heterocycles. The van der Waals surface area contributed by atoms with Crippen LogP contribution in [0.15, 0.2) is 66.0 Å². The van der Waals surface area contributed by atoms with Crippen LogP contribution < -0.4 is 16.0 Å². The molecule has 3 aromatic rings. The van der Waals surface area contributed by atoms with Gasteiger partial charge in [-0.2, -0.15) is 0 Å². The number of rotatable bonds is 7. The van der Waals surface area contributed by atoms with Gasteiger partial charge in [0.05, 0.1) is 4.88 Å². The predicted molar refractivity (Wildman–Crippen MR) is 115 cm³/mol. The smallest absolute Gasteiger partial charge is 0.261 e. The molecule has 1 heterocycles. The third kappa shape index (κ3) is 5.52. The fourth-order valence-electron chi connectivity index (χ4n) is 2.68. The molecule has 0 saturated carbocycles. The average Bonchev–Trinajstić information content (AvgIpc) is 3.27. The van der Waals surface area contributed by atoms with E-state index in [0.29, 0.717) is 34.8 Å². The second-order valence-electron chi connectivity index (χ2n) is 6.34. The van der Waals surface area contributed by atoms with Crippen molar-refractivity contribution in [3.8, 4) is 0 Å². The van der Waals surface area contributed by atoms with Crippen LogP contribution in [-0.2, 0) is 0 Å². The second-order valence-corrected chi connectivity index (χ2v) is 7.28. The van der Waals surface area contributed by atoms with Crippen LogP contribution in [0, 0.1) is 6.92 Å². The first kappa shape index (κ1) is 20.3. The molecule has 0 aliphatic rings. The second kappa shape index (κ2) is 9.66. The van der Waals surface area contributed by atoms with Crippen molar-refractivity contribution in [1.82, 2.24) is 10.6 Å². The lowest BCUT2D eigenvalue weighted by Gasteiger charge is -2.09. The lowest BCUT2D eigenvalue weighted by Crippen LogP contribution is -2.34. The molecular weight excluding hydrogens is 386 g/mol. The Balaban J connectivity index is 1.46. The molecule has 6 nitrogen and oxygen atoms in total. The van der Waals surface area contributed by atoms with Crippen LogP contribution in [0.1, 0.15) is 36.0 Å². The number of hydrogen-bond acceptors (Lipinski definition) is 4. The highest BCUT2D eigenvalue weighted by atomic mass is 32.1. The summed E-state index contributed by atoms with van der Waals surface area (Å²) < 4.78 is 0. The predicted octanol–water partition coefficient (Wildman–Crippen LogP) is 3.47. The van der Waals surface area contributed by atoms with Crippen molar-refractivity contribution in [2.75, 3.05) is 18.4 Å². The highest BCUT2D eigenvalue weighted by Crippen LogP contribution is 2.13. The van der Waals surface area contributed by atoms with E-state index < -0.39 is 0 Å². The van der Waals surface area contributed by atoms with Gasteiger partial charge in [-0.15, -0.1) is 11.3 Å². The van der Waals surface area contributed by atoms with Gasteiger partial charge in [-0.3, -0.25) is 14.4 Å². The summed E-state index contributed by atoms with van der Waals surface area (Å²) in [5.41, 5.74) is 2.59. The van der Waals surface area contributed by atoms with E-state index in [0.717, 1.165) is 5.56 Å². The van der Waals surface area contributed by atoms with Crippen molar-refractivity contribution in [3.05, 3.63) is 87.6 Å². The van der Waals surface area contributed by atoms with E-state index in [-0.39, 0.29) is 17.7 Å². The molecule has 1 aromatic heterocycles. The van der Waals surface area contributed by atoms with E-state index in [1.165, 1.54) is 11.3 Å². The first-order chi connectivity index (χ1) is 14.0. The number of carbonyl (C=O) groups is 3. The van der Waals surface area contributed by atoms with Gasteiger partial charge >= 0.3 is 0 Å². The van der Waals surface area contributed by atoms with E-state index in [4.69, 9.17) is 0 Å². The molecule has 2 aromatic carbocycles. The molecule has 0 bridgehead atoms. The number of hydrogen-bond donors (Lipinski definition) is 3. The summed E-state index contributed by atoms with van der Waals surface area (Å²) in [5.74, 6) is -0.586. The molecule has 148 valence electrons. The maximum Gasteiger partial charge on any atom is 0.261 e. The molecule has 3 amide bonds. The standard InChI is InChI=1S/C22H21N3O3S/c1-15-5-2-3-6-18(15)21(27)25-17-10-8-16(9-11-17)20(26)23-12-13-24-22(28)19-7-4-14-29-19/h2-11,14H,12-13H2,1H3,(H,23,26)(H,24,28)(H,25,27). The van der Waals surface area contributed by atoms with Crippen LogP contribution in [-0.4, -0.2) is 30.8 Å². The van der Waals surface area contributed by atoms with Gasteiger partial charge in [0, 0.05) is 29.9 Å². The minimum absolute atomic E-state index is 0.150. The van der Waals surface area contributed by atoms with Crippen LogP contribution in [0.25, 0.3) is 0 Å². The molecule has 0 spiro atoms. The van der Waals surface area contributed by atoms with Crippen LogP contribution in [0.4, 0.5) is 5.69 Å². The topological polar surface area (TPSA) is 87.3 Å². The summed E-state index contributed by atoms with van der Waals surface area (Å²) in [5, 5.41) is 10.2. The molecule has 0 fully saturated rings. The summed E-state index contributed by atoms with van der Waals surface area (Å²) in [6.45, 7) is 2.54. The Morgan fingerprint density at radius 3 is 2.14 bits per heavy atom. The maximum absolute atomic E-state index is 12.3. The molecule has 0 aliphatic heterocycles. The zero-order valence-corrected chi connectivity index (χ0v) is 16.7. The van der Waals surface area contributed by atoms with Crippen LogP contribution in [0.3, 0.4) is 0 Å². The SMILES string of the molecule is Cc1ccccc1C(=O)Nc1ccc(C(=O)NCCNC(=O)c2cccs2)cc1. The van der Waals surface area contributed by atoms with Crippen molar-refractivity contribution in [2.45, 2.75) is 6.92 Å². The summed E-state index contributed by atoms with van der Waals surface area (Å²) in [4.78, 5) is 37.0. The summed E-state index contributed by atoms with van der Waals surface area (Å²) >= 11 is 1.37. The molecule has 3 N–H and O–H groups in total. The molecular formula is C22H21N3O3S. The lowest BCUT2D eigenvalue weighted by molar-refractivity contribution is 0.0929. The van der Waals surface area contributed by atoms with Gasteiger partial charge in [-0.1, -0.05) is 24.3 Å². The maximum atomic E-state index is 12.3. The Hall–Kier alpha value is -3.45. The fraction of sp³-hybridized carbons (Fsp3) is 0.136. The summed E-state index contributed by atoms with van der Waals surface area (Å²) in [7, 11) is 0. The van der Waals surface area contributed by atoms with E-state index in [1.807, 2.05) is 36.6 Å². The number of aryl methyl sites for hydroxylation is 1. The number of thiophene rings is 1. The minimum atomic E-state index is -0.243. The van der Waals surface area contributed by atoms with Gasteiger partial charge in [-0.25, -0.2) is 0 Å². The van der Waals surface area contributed by atoms with Crippen molar-refractivity contribution < 1.29 is 14.4 Å². The third-order valence-corrected chi connectivity index (χ3v) is 5.10. The van der Waals surface area contributed by atoms with Crippen molar-refractivity contribution in [1.29, 1.82) is 0 Å². The Bertz CT molecular complexity index is 998. The van der Waals surface area contributed by atoms with E-state index in [2.05, 4.69) is 16.0 Å². The van der Waals surface area contributed by atoms with E-state index in [9.17, 15) is 14.4 Å². The van der Waals surface area contributed by atoms with Gasteiger partial charge < -0.3 is 16.0 Å². The number of carbonyl (C=O) groups excluding carboxylic acids is 3. The molecule has 0 radical (unpaired) electrons. The van der Waals surface area contributed by atoms with Crippen LogP contribution in [0.5, 0.6) is 0 Å². The Morgan fingerprint density at radius 2 is 1.48 bits per heavy atom. The average molecular weight is 407 g/mol. The van der Waals surface area contributed by atoms with Crippen molar-refractivity contribution in [2.24, 2.45) is 0 Å². The molecule has 0 unspecified atom stereocenters. The van der Waals surface area contributed by atoms with Gasteiger partial charge in [0.2, 0.25) is 0 Å². The first-order valence-corrected chi connectivity index (χ1v) is 9.99. The first-order valence-electron chi connectivity index (χ1n) is 9.11. The monoisotopic (exact) mass is 407 g/mol. The van der Waals surface area contributed by atoms with E-state index in [1.54, 1.807) is 36.4 Å². The summed E-state index contributed by atoms with van der Waals surface area (Å²) in [6, 6.07) is 17.6. The van der Waals surface area contributed by atoms with Crippen molar-refractivity contribution >= 4 is 34.7 Å². The molecule has 3 rings (SSSR count). The zero-order chi connectivity index (χ0) is 20.6. The third-order valence-electron chi connectivity index (χ3n) is 4.24. The Labute approximate surface area is 173 Å².